The molecule has 7 nitrogen and oxygen atoms in total. The Kier molecular flexibility index (Phi) is 9.37. The van der Waals surface area contributed by atoms with Crippen molar-refractivity contribution in [1.82, 2.24) is 15.4 Å². The van der Waals surface area contributed by atoms with Crippen LogP contribution in [-0.4, -0.2) is 54.6 Å². The number of carbonyl (C=O) groups excluding carboxylic acids is 2. The molecular formula is C28H37ClN4O3. The Morgan fingerprint density at radius 1 is 1.08 bits per heavy atom. The van der Waals surface area contributed by atoms with Gasteiger partial charge in [0, 0.05) is 30.7 Å². The van der Waals surface area contributed by atoms with Crippen LogP contribution in [0.3, 0.4) is 0 Å². The van der Waals surface area contributed by atoms with Crippen molar-refractivity contribution in [2.45, 2.75) is 58.9 Å². The first-order valence-corrected chi connectivity index (χ1v) is 12.6. The van der Waals surface area contributed by atoms with E-state index in [0.717, 1.165) is 54.4 Å². The lowest BCUT2D eigenvalue weighted by Crippen LogP contribution is -2.47. The molecule has 3 aromatic rings. The molecule has 1 aromatic heterocycles. The van der Waals surface area contributed by atoms with Crippen molar-refractivity contribution < 1.29 is 14.1 Å². The Hall–Kier alpha value is -3.06. The van der Waals surface area contributed by atoms with Gasteiger partial charge in [-0.2, -0.15) is 0 Å². The number of unbranched alkanes of at least 4 members (excludes halogenated alkanes) is 2. The summed E-state index contributed by atoms with van der Waals surface area (Å²) < 4.78 is 5.42. The number of nitrogens with one attached hydrogen (secondary N) is 1. The number of hydrogen-bond acceptors (Lipinski definition) is 5. The molecule has 0 saturated heterocycles. The second kappa shape index (κ2) is 12.3. The molecule has 1 N–H and O–H groups in total. The summed E-state index contributed by atoms with van der Waals surface area (Å²) in [4.78, 5) is 30.0. The third kappa shape index (κ3) is 6.19. The van der Waals surface area contributed by atoms with Gasteiger partial charge in [0.15, 0.2) is 5.58 Å². The molecule has 1 aliphatic carbocycles. The lowest BCUT2D eigenvalue weighted by molar-refractivity contribution is -0.130. The topological polar surface area (TPSA) is 78.7 Å². The second-order valence-corrected chi connectivity index (χ2v) is 9.65. The highest BCUT2D eigenvalue weighted by molar-refractivity contribution is 5.90. The van der Waals surface area contributed by atoms with E-state index in [-0.39, 0.29) is 43.4 Å². The van der Waals surface area contributed by atoms with Crippen LogP contribution in [0.15, 0.2) is 40.9 Å². The van der Waals surface area contributed by atoms with Crippen LogP contribution < -0.4 is 10.2 Å². The normalized spacial score (nSPS) is 12.8. The smallest absolute Gasteiger partial charge is 0.242 e. The standard InChI is InChI=1S/C28H36N4O3.ClH/c1-5-6-9-12-29-27(33)17-32(25-16-24-20(3)30-35-26(24)13-19(25)2)18-28(34)31(4)23-14-21-10-7-8-11-22(21)15-23;/h7-8,10-11,13,16,23H,5-6,9,12,14-15,17-18H2,1-4H3,(H,29,33);1H. The maximum Gasteiger partial charge on any atom is 0.242 e. The number of hydrogen-bond donors (Lipinski definition) is 1. The number of rotatable bonds is 10. The number of benzene rings is 2. The van der Waals surface area contributed by atoms with Crippen molar-refractivity contribution in [3.8, 4) is 0 Å². The zero-order chi connectivity index (χ0) is 24.9. The quantitative estimate of drug-likeness (QED) is 0.401. The first kappa shape index (κ1) is 27.5. The molecule has 0 aliphatic heterocycles. The molecule has 194 valence electrons. The van der Waals surface area contributed by atoms with Crippen molar-refractivity contribution in [2.24, 2.45) is 0 Å². The van der Waals surface area contributed by atoms with Crippen molar-refractivity contribution in [1.29, 1.82) is 0 Å². The Morgan fingerprint density at radius 2 is 1.78 bits per heavy atom. The number of aryl methyl sites for hydroxylation is 2. The molecule has 0 atom stereocenters. The zero-order valence-electron chi connectivity index (χ0n) is 21.7. The minimum absolute atomic E-state index is 0. The van der Waals surface area contributed by atoms with Crippen LogP contribution in [0.2, 0.25) is 0 Å². The highest BCUT2D eigenvalue weighted by Crippen LogP contribution is 2.29. The van der Waals surface area contributed by atoms with Crippen LogP contribution in [-0.2, 0) is 22.4 Å². The van der Waals surface area contributed by atoms with E-state index in [1.807, 2.05) is 42.8 Å². The van der Waals surface area contributed by atoms with Crippen molar-refractivity contribution in [3.05, 3.63) is 58.8 Å². The molecule has 8 heteroatoms. The molecule has 1 aliphatic rings. The van der Waals surface area contributed by atoms with E-state index in [1.54, 1.807) is 0 Å². The maximum atomic E-state index is 13.5. The predicted octanol–water partition coefficient (Wildman–Crippen LogP) is 4.61. The van der Waals surface area contributed by atoms with E-state index in [4.69, 9.17) is 4.52 Å². The molecule has 2 amide bonds. The number of likely N-dealkylation sites (N-methyl/N-ethyl adjacent to an activating group) is 1. The molecule has 1 heterocycles. The Bertz CT molecular complexity index is 1180. The Balaban J connectivity index is 0.00000361. The largest absolute Gasteiger partial charge is 0.356 e. The molecule has 36 heavy (non-hydrogen) atoms. The highest BCUT2D eigenvalue weighted by atomic mass is 35.5. The van der Waals surface area contributed by atoms with Crippen molar-refractivity contribution >= 4 is 40.9 Å². The number of anilines is 1. The number of amides is 2. The number of halogens is 1. The fourth-order valence-electron chi connectivity index (χ4n) is 4.88. The number of fused-ring (bicyclic) bond motifs is 2. The maximum absolute atomic E-state index is 13.5. The van der Waals surface area contributed by atoms with Crippen LogP contribution in [0.1, 0.15) is 48.6 Å². The van der Waals surface area contributed by atoms with Gasteiger partial charge in [-0.15, -0.1) is 12.4 Å². The van der Waals surface area contributed by atoms with Crippen molar-refractivity contribution in [2.75, 3.05) is 31.6 Å². The molecule has 0 fully saturated rings. The first-order valence-electron chi connectivity index (χ1n) is 12.6. The average Bonchev–Trinajstić information content (AvgIpc) is 3.43. The van der Waals surface area contributed by atoms with E-state index in [0.29, 0.717) is 12.1 Å². The Labute approximate surface area is 219 Å². The van der Waals surface area contributed by atoms with Gasteiger partial charge < -0.3 is 19.6 Å². The van der Waals surface area contributed by atoms with Crippen LogP contribution in [0, 0.1) is 13.8 Å². The molecule has 0 saturated carbocycles. The van der Waals surface area contributed by atoms with Crippen LogP contribution in [0.25, 0.3) is 11.0 Å². The summed E-state index contributed by atoms with van der Waals surface area (Å²) >= 11 is 0. The van der Waals surface area contributed by atoms with E-state index >= 15 is 0 Å². The lowest BCUT2D eigenvalue weighted by atomic mass is 10.1. The van der Waals surface area contributed by atoms with Gasteiger partial charge in [-0.05, 0) is 61.9 Å². The molecule has 0 radical (unpaired) electrons. The SMILES string of the molecule is CCCCCNC(=O)CN(CC(=O)N(C)C1Cc2ccccc2C1)c1cc2c(C)noc2cc1C.Cl. The highest BCUT2D eigenvalue weighted by Gasteiger charge is 2.29. The van der Waals surface area contributed by atoms with Crippen LogP contribution in [0.5, 0.6) is 0 Å². The molecule has 2 aromatic carbocycles. The van der Waals surface area contributed by atoms with Crippen LogP contribution in [0.4, 0.5) is 5.69 Å². The first-order chi connectivity index (χ1) is 16.9. The summed E-state index contributed by atoms with van der Waals surface area (Å²) in [6.45, 7) is 6.90. The van der Waals surface area contributed by atoms with Gasteiger partial charge in [0.05, 0.1) is 18.8 Å². The van der Waals surface area contributed by atoms with E-state index in [1.165, 1.54) is 11.1 Å². The van der Waals surface area contributed by atoms with Gasteiger partial charge in [0.1, 0.15) is 0 Å². The lowest BCUT2D eigenvalue weighted by Gasteiger charge is -2.30. The second-order valence-electron chi connectivity index (χ2n) is 9.65. The fraction of sp³-hybridized carbons (Fsp3) is 0.464. The molecule has 0 bridgehead atoms. The van der Waals surface area contributed by atoms with E-state index < -0.39 is 0 Å². The van der Waals surface area contributed by atoms with E-state index in [2.05, 4.69) is 41.7 Å². The Morgan fingerprint density at radius 3 is 2.44 bits per heavy atom. The third-order valence-corrected chi connectivity index (χ3v) is 7.04. The summed E-state index contributed by atoms with van der Waals surface area (Å²) in [5.74, 6) is -0.0745. The predicted molar refractivity (Wildman–Crippen MR) is 146 cm³/mol. The number of aromatic nitrogens is 1. The molecular weight excluding hydrogens is 476 g/mol. The van der Waals surface area contributed by atoms with Gasteiger partial charge in [-0.3, -0.25) is 9.59 Å². The van der Waals surface area contributed by atoms with Gasteiger partial charge in [-0.25, -0.2) is 0 Å². The summed E-state index contributed by atoms with van der Waals surface area (Å²) in [6.07, 6.45) is 4.87. The van der Waals surface area contributed by atoms with E-state index in [9.17, 15) is 9.59 Å². The molecule has 0 unspecified atom stereocenters. The summed E-state index contributed by atoms with van der Waals surface area (Å²) in [5, 5.41) is 7.98. The molecule has 0 spiro atoms. The monoisotopic (exact) mass is 512 g/mol. The number of nitrogens with zero attached hydrogens (tertiary/aromatic N) is 3. The van der Waals surface area contributed by atoms with Gasteiger partial charge in [-0.1, -0.05) is 49.2 Å². The van der Waals surface area contributed by atoms with Gasteiger partial charge >= 0.3 is 0 Å². The average molecular weight is 513 g/mol. The van der Waals surface area contributed by atoms with Gasteiger partial charge in [0.25, 0.3) is 0 Å². The summed E-state index contributed by atoms with van der Waals surface area (Å²) in [7, 11) is 1.88. The van der Waals surface area contributed by atoms with Gasteiger partial charge in [0.2, 0.25) is 11.8 Å². The zero-order valence-corrected chi connectivity index (χ0v) is 22.5. The summed E-state index contributed by atoms with van der Waals surface area (Å²) in [6, 6.07) is 12.4. The van der Waals surface area contributed by atoms with Crippen LogP contribution >= 0.6 is 12.4 Å². The van der Waals surface area contributed by atoms with Crippen molar-refractivity contribution in [3.63, 3.8) is 0 Å². The third-order valence-electron chi connectivity index (χ3n) is 7.04. The molecule has 4 rings (SSSR count). The fourth-order valence-corrected chi connectivity index (χ4v) is 4.88. The minimum atomic E-state index is -0.0774. The number of carbonyl (C=O) groups is 2. The minimum Gasteiger partial charge on any atom is -0.356 e. The summed E-state index contributed by atoms with van der Waals surface area (Å²) in [5.41, 5.74) is 5.91.